The second kappa shape index (κ2) is 10.5. The Balaban J connectivity index is 1.38. The maximum atomic E-state index is 13.1. The SMILES string of the molecule is O=C(NCc1ccccc1)Nc1cccc(N2CCCN(Cc3ccc(C(F)(F)F)cc3)C2=O)c1. The molecule has 182 valence electrons. The van der Waals surface area contributed by atoms with Gasteiger partial charge in [0.05, 0.1) is 5.56 Å². The molecule has 1 aliphatic rings. The minimum Gasteiger partial charge on any atom is -0.334 e. The van der Waals surface area contributed by atoms with Gasteiger partial charge in [0.15, 0.2) is 0 Å². The topological polar surface area (TPSA) is 64.7 Å². The summed E-state index contributed by atoms with van der Waals surface area (Å²) in [5.74, 6) is 0. The third-order valence-corrected chi connectivity index (χ3v) is 5.68. The van der Waals surface area contributed by atoms with Gasteiger partial charge in [0.1, 0.15) is 0 Å². The molecule has 0 radical (unpaired) electrons. The fraction of sp³-hybridized carbons (Fsp3) is 0.231. The van der Waals surface area contributed by atoms with E-state index in [1.165, 1.54) is 12.1 Å². The van der Waals surface area contributed by atoms with E-state index in [9.17, 15) is 22.8 Å². The van der Waals surface area contributed by atoms with Crippen LogP contribution in [0.2, 0.25) is 0 Å². The van der Waals surface area contributed by atoms with E-state index in [0.717, 1.165) is 17.7 Å². The van der Waals surface area contributed by atoms with Gasteiger partial charge < -0.3 is 15.5 Å². The highest BCUT2D eigenvalue weighted by molar-refractivity contribution is 5.95. The number of nitrogens with zero attached hydrogens (tertiary/aromatic N) is 2. The number of hydrogen-bond donors (Lipinski definition) is 2. The molecule has 0 aromatic heterocycles. The van der Waals surface area contributed by atoms with E-state index in [1.807, 2.05) is 30.3 Å². The summed E-state index contributed by atoms with van der Waals surface area (Å²) in [4.78, 5) is 28.6. The largest absolute Gasteiger partial charge is 0.416 e. The highest BCUT2D eigenvalue weighted by Gasteiger charge is 2.31. The number of carbonyl (C=O) groups is 2. The smallest absolute Gasteiger partial charge is 0.334 e. The number of hydrogen-bond acceptors (Lipinski definition) is 2. The Morgan fingerprint density at radius 3 is 2.34 bits per heavy atom. The van der Waals surface area contributed by atoms with Gasteiger partial charge in [-0.1, -0.05) is 48.5 Å². The van der Waals surface area contributed by atoms with Crippen LogP contribution >= 0.6 is 0 Å². The van der Waals surface area contributed by atoms with Gasteiger partial charge in [-0.15, -0.1) is 0 Å². The summed E-state index contributed by atoms with van der Waals surface area (Å²) in [7, 11) is 0. The van der Waals surface area contributed by atoms with Crippen LogP contribution in [-0.2, 0) is 19.3 Å². The third-order valence-electron chi connectivity index (χ3n) is 5.68. The van der Waals surface area contributed by atoms with Gasteiger partial charge in [-0.3, -0.25) is 4.90 Å². The number of anilines is 2. The first-order valence-corrected chi connectivity index (χ1v) is 11.2. The van der Waals surface area contributed by atoms with E-state index in [4.69, 9.17) is 0 Å². The van der Waals surface area contributed by atoms with Crippen LogP contribution in [0.25, 0.3) is 0 Å². The normalized spacial score (nSPS) is 14.1. The van der Waals surface area contributed by atoms with Crippen LogP contribution in [0.5, 0.6) is 0 Å². The summed E-state index contributed by atoms with van der Waals surface area (Å²) in [6, 6.07) is 20.8. The van der Waals surface area contributed by atoms with Crippen molar-refractivity contribution in [1.29, 1.82) is 0 Å². The molecule has 3 aromatic carbocycles. The van der Waals surface area contributed by atoms with Crippen molar-refractivity contribution >= 4 is 23.4 Å². The summed E-state index contributed by atoms with van der Waals surface area (Å²) in [5.41, 5.74) is 2.06. The number of nitrogens with one attached hydrogen (secondary N) is 2. The van der Waals surface area contributed by atoms with E-state index in [2.05, 4.69) is 10.6 Å². The van der Waals surface area contributed by atoms with Crippen molar-refractivity contribution in [2.24, 2.45) is 0 Å². The lowest BCUT2D eigenvalue weighted by molar-refractivity contribution is -0.137. The maximum absolute atomic E-state index is 13.1. The van der Waals surface area contributed by atoms with E-state index in [1.54, 1.807) is 34.1 Å². The average Bonchev–Trinajstić information content (AvgIpc) is 2.85. The molecule has 0 saturated carbocycles. The third kappa shape index (κ3) is 6.32. The molecule has 0 atom stereocenters. The van der Waals surface area contributed by atoms with Gasteiger partial charge >= 0.3 is 18.2 Å². The maximum Gasteiger partial charge on any atom is 0.416 e. The van der Waals surface area contributed by atoms with Crippen molar-refractivity contribution in [2.75, 3.05) is 23.3 Å². The Kier molecular flexibility index (Phi) is 7.24. The fourth-order valence-corrected chi connectivity index (χ4v) is 3.89. The second-order valence-corrected chi connectivity index (χ2v) is 8.25. The molecule has 35 heavy (non-hydrogen) atoms. The molecular weight excluding hydrogens is 457 g/mol. The van der Waals surface area contributed by atoms with Crippen molar-refractivity contribution in [2.45, 2.75) is 25.7 Å². The molecule has 4 rings (SSSR count). The van der Waals surface area contributed by atoms with Crippen LogP contribution in [0.15, 0.2) is 78.9 Å². The minimum absolute atomic E-state index is 0.216. The molecule has 1 fully saturated rings. The molecule has 1 saturated heterocycles. The number of alkyl halides is 3. The number of urea groups is 2. The number of rotatable bonds is 6. The second-order valence-electron chi connectivity index (χ2n) is 8.25. The number of benzene rings is 3. The monoisotopic (exact) mass is 482 g/mol. The quantitative estimate of drug-likeness (QED) is 0.462. The van der Waals surface area contributed by atoms with E-state index >= 15 is 0 Å². The summed E-state index contributed by atoms with van der Waals surface area (Å²) >= 11 is 0. The molecule has 1 heterocycles. The lowest BCUT2D eigenvalue weighted by Gasteiger charge is -2.36. The van der Waals surface area contributed by atoms with Crippen LogP contribution in [0.4, 0.5) is 34.1 Å². The van der Waals surface area contributed by atoms with Gasteiger partial charge in [0.2, 0.25) is 0 Å². The zero-order chi connectivity index (χ0) is 24.8. The molecule has 0 unspecified atom stereocenters. The molecule has 0 spiro atoms. The number of amides is 4. The first kappa shape index (κ1) is 24.1. The Hall–Kier alpha value is -4.01. The van der Waals surface area contributed by atoms with Crippen LogP contribution < -0.4 is 15.5 Å². The first-order valence-electron chi connectivity index (χ1n) is 11.2. The van der Waals surface area contributed by atoms with Gasteiger partial charge in [-0.2, -0.15) is 13.2 Å². The van der Waals surface area contributed by atoms with E-state index in [-0.39, 0.29) is 18.6 Å². The zero-order valence-electron chi connectivity index (χ0n) is 18.9. The van der Waals surface area contributed by atoms with Crippen LogP contribution in [0, 0.1) is 0 Å². The van der Waals surface area contributed by atoms with Gasteiger partial charge in [0, 0.05) is 37.6 Å². The molecule has 9 heteroatoms. The summed E-state index contributed by atoms with van der Waals surface area (Å²) in [5, 5.41) is 5.58. The molecule has 6 nitrogen and oxygen atoms in total. The molecular formula is C26H25F3N4O2. The van der Waals surface area contributed by atoms with E-state index < -0.39 is 11.7 Å². The molecule has 1 aliphatic heterocycles. The highest BCUT2D eigenvalue weighted by atomic mass is 19.4. The Bertz CT molecular complexity index is 1170. The molecule has 4 amide bonds. The van der Waals surface area contributed by atoms with Crippen LogP contribution in [0.1, 0.15) is 23.1 Å². The van der Waals surface area contributed by atoms with Crippen molar-refractivity contribution in [3.63, 3.8) is 0 Å². The Morgan fingerprint density at radius 1 is 0.886 bits per heavy atom. The van der Waals surface area contributed by atoms with Gasteiger partial charge in [-0.05, 0) is 47.9 Å². The Labute approximate surface area is 201 Å². The minimum atomic E-state index is -4.40. The molecule has 3 aromatic rings. The summed E-state index contributed by atoms with van der Waals surface area (Å²) in [6.07, 6.45) is -3.69. The lowest BCUT2D eigenvalue weighted by Crippen LogP contribution is -2.49. The summed E-state index contributed by atoms with van der Waals surface area (Å²) < 4.78 is 38.4. The standard InChI is InChI=1S/C26H25F3N4O2/c27-26(28,29)21-12-10-20(11-13-21)18-32-14-5-15-33(25(32)35)23-9-4-8-22(16-23)31-24(34)30-17-19-6-2-1-3-7-19/h1-4,6-13,16H,5,14-15,17-18H2,(H2,30,31,34). The Morgan fingerprint density at radius 2 is 1.63 bits per heavy atom. The molecule has 0 aliphatic carbocycles. The number of carbonyl (C=O) groups excluding carboxylic acids is 2. The van der Waals surface area contributed by atoms with Gasteiger partial charge in [0.25, 0.3) is 0 Å². The van der Waals surface area contributed by atoms with Crippen molar-refractivity contribution in [3.05, 3.63) is 95.6 Å². The van der Waals surface area contributed by atoms with Crippen LogP contribution in [0.3, 0.4) is 0 Å². The summed E-state index contributed by atoms with van der Waals surface area (Å²) in [6.45, 7) is 1.62. The van der Waals surface area contributed by atoms with Crippen molar-refractivity contribution < 1.29 is 22.8 Å². The highest BCUT2D eigenvalue weighted by Crippen LogP contribution is 2.30. The van der Waals surface area contributed by atoms with E-state index in [0.29, 0.717) is 43.0 Å². The average molecular weight is 483 g/mol. The number of halogens is 3. The predicted molar refractivity (Wildman–Crippen MR) is 128 cm³/mol. The predicted octanol–water partition coefficient (Wildman–Crippen LogP) is 5.86. The molecule has 0 bridgehead atoms. The molecule has 2 N–H and O–H groups in total. The first-order chi connectivity index (χ1) is 16.8. The van der Waals surface area contributed by atoms with Gasteiger partial charge in [-0.25, -0.2) is 9.59 Å². The zero-order valence-corrected chi connectivity index (χ0v) is 18.9. The van der Waals surface area contributed by atoms with Crippen molar-refractivity contribution in [3.8, 4) is 0 Å². The fourth-order valence-electron chi connectivity index (χ4n) is 3.89. The lowest BCUT2D eigenvalue weighted by atomic mass is 10.1. The van der Waals surface area contributed by atoms with Crippen molar-refractivity contribution in [1.82, 2.24) is 10.2 Å². The van der Waals surface area contributed by atoms with Crippen LogP contribution in [-0.4, -0.2) is 30.1 Å².